The SMILES string of the molecule is Nc1nc(SCC(=O)NC2CCCCCCC2)nc2sc3c(c12)CCCC3. The maximum absolute atomic E-state index is 12.4. The van der Waals surface area contributed by atoms with Gasteiger partial charge in [0, 0.05) is 10.9 Å². The zero-order valence-electron chi connectivity index (χ0n) is 15.8. The highest BCUT2D eigenvalue weighted by Gasteiger charge is 2.21. The van der Waals surface area contributed by atoms with E-state index in [4.69, 9.17) is 10.7 Å². The molecule has 1 amide bonds. The monoisotopic (exact) mass is 404 g/mol. The smallest absolute Gasteiger partial charge is 0.230 e. The summed E-state index contributed by atoms with van der Waals surface area (Å²) in [6, 6.07) is 0.330. The Morgan fingerprint density at radius 2 is 1.81 bits per heavy atom. The standard InChI is InChI=1S/C20H28N4OS2/c21-18-17-14-10-6-7-11-15(14)27-19(17)24-20(23-18)26-12-16(25)22-13-8-4-2-1-3-5-9-13/h13H,1-12H2,(H,22,25)(H2,21,23,24). The first-order valence-electron chi connectivity index (χ1n) is 10.2. The molecule has 2 aromatic heterocycles. The minimum Gasteiger partial charge on any atom is -0.383 e. The number of hydrogen-bond acceptors (Lipinski definition) is 6. The van der Waals surface area contributed by atoms with Gasteiger partial charge in [-0.3, -0.25) is 4.79 Å². The van der Waals surface area contributed by atoms with Gasteiger partial charge in [0.25, 0.3) is 0 Å². The second-order valence-electron chi connectivity index (χ2n) is 7.68. The van der Waals surface area contributed by atoms with Crippen molar-refractivity contribution in [3.05, 3.63) is 10.4 Å². The quantitative estimate of drug-likeness (QED) is 0.580. The van der Waals surface area contributed by atoms with Crippen LogP contribution < -0.4 is 11.1 Å². The van der Waals surface area contributed by atoms with Crippen molar-refractivity contribution in [2.45, 2.75) is 81.8 Å². The lowest BCUT2D eigenvalue weighted by Gasteiger charge is -2.20. The van der Waals surface area contributed by atoms with E-state index in [-0.39, 0.29) is 5.91 Å². The van der Waals surface area contributed by atoms with Crippen LogP contribution in [0.2, 0.25) is 0 Å². The molecule has 3 N–H and O–H groups in total. The highest BCUT2D eigenvalue weighted by molar-refractivity contribution is 7.99. The van der Waals surface area contributed by atoms with Gasteiger partial charge in [-0.05, 0) is 44.1 Å². The van der Waals surface area contributed by atoms with Crippen LogP contribution in [0.3, 0.4) is 0 Å². The lowest BCUT2D eigenvalue weighted by atomic mass is 9.97. The van der Waals surface area contributed by atoms with E-state index in [1.165, 1.54) is 67.1 Å². The largest absolute Gasteiger partial charge is 0.383 e. The van der Waals surface area contributed by atoms with Crippen molar-refractivity contribution in [1.82, 2.24) is 15.3 Å². The molecule has 0 aromatic carbocycles. The number of nitrogens with zero attached hydrogens (tertiary/aromatic N) is 2. The number of anilines is 1. The Labute approximate surface area is 168 Å². The van der Waals surface area contributed by atoms with E-state index in [2.05, 4.69) is 10.3 Å². The molecule has 0 bridgehead atoms. The first kappa shape index (κ1) is 19.0. The van der Waals surface area contributed by atoms with E-state index >= 15 is 0 Å². The summed E-state index contributed by atoms with van der Waals surface area (Å²) in [5.74, 6) is 1.01. The Hall–Kier alpha value is -1.34. The molecule has 2 heterocycles. The predicted octanol–water partition coefficient (Wildman–Crippen LogP) is 4.47. The Morgan fingerprint density at radius 3 is 2.63 bits per heavy atom. The fraction of sp³-hybridized carbons (Fsp3) is 0.650. The average Bonchev–Trinajstić information content (AvgIpc) is 3.01. The van der Waals surface area contributed by atoms with Crippen LogP contribution in [0.5, 0.6) is 0 Å². The number of nitrogens with one attached hydrogen (secondary N) is 1. The van der Waals surface area contributed by atoms with Crippen LogP contribution >= 0.6 is 23.1 Å². The summed E-state index contributed by atoms with van der Waals surface area (Å²) in [6.07, 6.45) is 13.2. The lowest BCUT2D eigenvalue weighted by molar-refractivity contribution is -0.119. The van der Waals surface area contributed by atoms with E-state index < -0.39 is 0 Å². The second kappa shape index (κ2) is 8.78. The number of aryl methyl sites for hydroxylation is 2. The number of aromatic nitrogens is 2. The summed E-state index contributed by atoms with van der Waals surface area (Å²) in [4.78, 5) is 24.0. The summed E-state index contributed by atoms with van der Waals surface area (Å²) >= 11 is 3.14. The molecule has 2 aliphatic carbocycles. The number of thiophene rings is 1. The molecule has 0 radical (unpaired) electrons. The van der Waals surface area contributed by atoms with Gasteiger partial charge >= 0.3 is 0 Å². The summed E-state index contributed by atoms with van der Waals surface area (Å²) in [5.41, 5.74) is 7.61. The van der Waals surface area contributed by atoms with Crippen molar-refractivity contribution in [3.8, 4) is 0 Å². The van der Waals surface area contributed by atoms with Crippen LogP contribution in [-0.4, -0.2) is 27.7 Å². The van der Waals surface area contributed by atoms with Crippen molar-refractivity contribution in [3.63, 3.8) is 0 Å². The van der Waals surface area contributed by atoms with Crippen LogP contribution in [-0.2, 0) is 17.6 Å². The van der Waals surface area contributed by atoms with Crippen LogP contribution in [0.4, 0.5) is 5.82 Å². The second-order valence-corrected chi connectivity index (χ2v) is 9.71. The summed E-state index contributed by atoms with van der Waals surface area (Å²) in [7, 11) is 0. The normalized spacial score (nSPS) is 18.7. The molecule has 27 heavy (non-hydrogen) atoms. The van der Waals surface area contributed by atoms with Gasteiger partial charge in [0.2, 0.25) is 5.91 Å². The fourth-order valence-electron chi connectivity index (χ4n) is 4.23. The van der Waals surface area contributed by atoms with Gasteiger partial charge in [0.15, 0.2) is 5.16 Å². The molecule has 7 heteroatoms. The molecule has 1 fully saturated rings. The molecule has 0 atom stereocenters. The molecule has 0 saturated heterocycles. The maximum Gasteiger partial charge on any atom is 0.230 e. The Kier molecular flexibility index (Phi) is 6.18. The minimum absolute atomic E-state index is 0.0818. The van der Waals surface area contributed by atoms with Crippen molar-refractivity contribution >= 4 is 45.0 Å². The number of nitrogen functional groups attached to an aromatic ring is 1. The highest BCUT2D eigenvalue weighted by Crippen LogP contribution is 2.38. The Balaban J connectivity index is 1.39. The minimum atomic E-state index is 0.0818. The van der Waals surface area contributed by atoms with Gasteiger partial charge in [-0.25, -0.2) is 9.97 Å². The van der Waals surface area contributed by atoms with Crippen LogP contribution in [0.1, 0.15) is 68.2 Å². The molecular weight excluding hydrogens is 376 g/mol. The van der Waals surface area contributed by atoms with Gasteiger partial charge in [-0.15, -0.1) is 11.3 Å². The van der Waals surface area contributed by atoms with Gasteiger partial charge in [-0.2, -0.15) is 0 Å². The molecule has 0 unspecified atom stereocenters. The number of carbonyl (C=O) groups is 1. The highest BCUT2D eigenvalue weighted by atomic mass is 32.2. The number of carbonyl (C=O) groups excluding carboxylic acids is 1. The third-order valence-corrected chi connectivity index (χ3v) is 7.66. The molecule has 2 aromatic rings. The number of amides is 1. The first-order chi connectivity index (χ1) is 13.2. The lowest BCUT2D eigenvalue weighted by Crippen LogP contribution is -2.36. The molecule has 2 aliphatic rings. The Morgan fingerprint density at radius 1 is 1.07 bits per heavy atom. The van der Waals surface area contributed by atoms with Gasteiger partial charge < -0.3 is 11.1 Å². The number of hydrogen-bond donors (Lipinski definition) is 2. The molecule has 0 aliphatic heterocycles. The molecular formula is C20H28N4OS2. The summed E-state index contributed by atoms with van der Waals surface area (Å²) in [5, 5.41) is 4.88. The van der Waals surface area contributed by atoms with E-state index in [9.17, 15) is 4.79 Å². The first-order valence-corrected chi connectivity index (χ1v) is 12.0. The van der Waals surface area contributed by atoms with Crippen molar-refractivity contribution in [2.24, 2.45) is 0 Å². The summed E-state index contributed by atoms with van der Waals surface area (Å²) in [6.45, 7) is 0. The molecule has 1 saturated carbocycles. The zero-order valence-corrected chi connectivity index (χ0v) is 17.4. The zero-order chi connectivity index (χ0) is 18.6. The predicted molar refractivity (Wildman–Crippen MR) is 113 cm³/mol. The topological polar surface area (TPSA) is 80.9 Å². The van der Waals surface area contributed by atoms with E-state index in [1.807, 2.05) is 0 Å². The number of fused-ring (bicyclic) bond motifs is 3. The van der Waals surface area contributed by atoms with Crippen molar-refractivity contribution in [2.75, 3.05) is 11.5 Å². The van der Waals surface area contributed by atoms with Crippen LogP contribution in [0, 0.1) is 0 Å². The fourth-order valence-corrected chi connectivity index (χ4v) is 6.22. The molecule has 4 rings (SSSR count). The van der Waals surface area contributed by atoms with E-state index in [0.717, 1.165) is 35.9 Å². The third-order valence-electron chi connectivity index (χ3n) is 5.62. The van der Waals surface area contributed by atoms with Gasteiger partial charge in [0.1, 0.15) is 10.6 Å². The average molecular weight is 405 g/mol. The van der Waals surface area contributed by atoms with Crippen molar-refractivity contribution < 1.29 is 4.79 Å². The van der Waals surface area contributed by atoms with Crippen molar-refractivity contribution in [1.29, 1.82) is 0 Å². The third kappa shape index (κ3) is 4.57. The van der Waals surface area contributed by atoms with Crippen LogP contribution in [0.15, 0.2) is 5.16 Å². The Bertz CT molecular complexity index is 812. The van der Waals surface area contributed by atoms with E-state index in [0.29, 0.717) is 22.8 Å². The number of rotatable bonds is 4. The summed E-state index contributed by atoms with van der Waals surface area (Å²) < 4.78 is 0. The van der Waals surface area contributed by atoms with Gasteiger partial charge in [0.05, 0.1) is 11.1 Å². The van der Waals surface area contributed by atoms with E-state index in [1.54, 1.807) is 11.3 Å². The number of nitrogens with two attached hydrogens (primary N) is 1. The maximum atomic E-state index is 12.4. The van der Waals surface area contributed by atoms with Crippen LogP contribution in [0.25, 0.3) is 10.2 Å². The molecule has 0 spiro atoms. The number of thioether (sulfide) groups is 1. The van der Waals surface area contributed by atoms with Gasteiger partial charge in [-0.1, -0.05) is 43.9 Å². The molecule has 146 valence electrons. The molecule has 5 nitrogen and oxygen atoms in total.